The predicted molar refractivity (Wildman–Crippen MR) is 134 cm³/mol. The number of ether oxygens (including phenoxy) is 1. The number of methoxy groups -OCH3 is 1. The van der Waals surface area contributed by atoms with E-state index in [4.69, 9.17) is 10.5 Å². The zero-order chi connectivity index (χ0) is 25.3. The molecule has 2 unspecified atom stereocenters. The molecule has 1 amide bonds. The zero-order valence-electron chi connectivity index (χ0n) is 20.4. The number of halogens is 1. The Balaban J connectivity index is 1.84. The summed E-state index contributed by atoms with van der Waals surface area (Å²) in [6.45, 7) is 8.18. The Hall–Kier alpha value is -3.50. The number of rotatable bonds is 7. The van der Waals surface area contributed by atoms with Crippen LogP contribution >= 0.6 is 0 Å². The number of piperazine rings is 1. The standard InChI is InChI=1S/C25H31FN6O3/c1-14-5-6-19(18(26)9-14)28-23-17-10-21(31-12-15(2)32(7-8-33)16(3)13-31)22(35-4)11-20(17)29-30-24(23)25(27)34/h5-6,9-11,15-16,33H,7-8,12-13H2,1-4H3,(H2,27,34)(H,28,29). The van der Waals surface area contributed by atoms with Crippen LogP contribution in [0.5, 0.6) is 5.75 Å². The van der Waals surface area contributed by atoms with Crippen molar-refractivity contribution in [2.75, 3.05) is 43.6 Å². The number of carbonyl (C=O) groups is 1. The molecule has 0 radical (unpaired) electrons. The highest BCUT2D eigenvalue weighted by Gasteiger charge is 2.31. The molecule has 1 aliphatic rings. The predicted octanol–water partition coefficient (Wildman–Crippen LogP) is 2.82. The number of carbonyl (C=O) groups excluding carboxylic acids is 1. The molecule has 1 aromatic heterocycles. The summed E-state index contributed by atoms with van der Waals surface area (Å²) in [4.78, 5) is 16.7. The van der Waals surface area contributed by atoms with Crippen LogP contribution in [-0.2, 0) is 0 Å². The molecule has 35 heavy (non-hydrogen) atoms. The Morgan fingerprint density at radius 2 is 1.94 bits per heavy atom. The fraction of sp³-hybridized carbons (Fsp3) is 0.400. The van der Waals surface area contributed by atoms with Gasteiger partial charge < -0.3 is 25.8 Å². The summed E-state index contributed by atoms with van der Waals surface area (Å²) in [5, 5.41) is 21.2. The van der Waals surface area contributed by atoms with Gasteiger partial charge in [0.2, 0.25) is 0 Å². The molecule has 1 saturated heterocycles. The largest absolute Gasteiger partial charge is 0.495 e. The van der Waals surface area contributed by atoms with Crippen molar-refractivity contribution < 1.29 is 19.0 Å². The number of aliphatic hydroxyl groups excluding tert-OH is 1. The second-order valence-corrected chi connectivity index (χ2v) is 9.00. The highest BCUT2D eigenvalue weighted by atomic mass is 19.1. The number of nitrogens with two attached hydrogens (primary N) is 1. The number of β-amino-alcohol motifs (C(OH)–C–C–N with tert-alkyl or cyclic N) is 1. The summed E-state index contributed by atoms with van der Waals surface area (Å²) < 4.78 is 20.4. The lowest BCUT2D eigenvalue weighted by Crippen LogP contribution is -2.57. The zero-order valence-corrected chi connectivity index (χ0v) is 20.4. The van der Waals surface area contributed by atoms with Crippen molar-refractivity contribution in [2.24, 2.45) is 5.73 Å². The number of anilines is 3. The first-order valence-corrected chi connectivity index (χ1v) is 11.6. The van der Waals surface area contributed by atoms with Crippen LogP contribution < -0.4 is 20.7 Å². The molecule has 4 N–H and O–H groups in total. The van der Waals surface area contributed by atoms with Gasteiger partial charge in [0.25, 0.3) is 5.91 Å². The van der Waals surface area contributed by atoms with Crippen LogP contribution in [0.1, 0.15) is 29.9 Å². The first-order valence-electron chi connectivity index (χ1n) is 11.6. The number of hydrogen-bond donors (Lipinski definition) is 3. The van der Waals surface area contributed by atoms with Crippen molar-refractivity contribution in [3.8, 4) is 5.75 Å². The van der Waals surface area contributed by atoms with Gasteiger partial charge in [-0.15, -0.1) is 10.2 Å². The van der Waals surface area contributed by atoms with E-state index in [0.717, 1.165) is 11.3 Å². The van der Waals surface area contributed by atoms with Crippen LogP contribution in [0.3, 0.4) is 0 Å². The van der Waals surface area contributed by atoms with E-state index in [1.165, 1.54) is 6.07 Å². The summed E-state index contributed by atoms with van der Waals surface area (Å²) in [7, 11) is 1.59. The normalized spacial score (nSPS) is 18.6. The van der Waals surface area contributed by atoms with Gasteiger partial charge in [0.1, 0.15) is 11.6 Å². The van der Waals surface area contributed by atoms with E-state index in [-0.39, 0.29) is 35.8 Å². The van der Waals surface area contributed by atoms with Gasteiger partial charge in [0.05, 0.1) is 36.3 Å². The molecule has 1 aliphatic heterocycles. The molecular formula is C25H31FN6O3. The fourth-order valence-electron chi connectivity index (χ4n) is 4.80. The van der Waals surface area contributed by atoms with Crippen LogP contribution in [0.15, 0.2) is 30.3 Å². The molecule has 3 aromatic rings. The van der Waals surface area contributed by atoms with Crippen molar-refractivity contribution in [2.45, 2.75) is 32.9 Å². The molecule has 9 nitrogen and oxygen atoms in total. The van der Waals surface area contributed by atoms with Crippen LogP contribution in [0.4, 0.5) is 21.5 Å². The smallest absolute Gasteiger partial charge is 0.271 e. The maximum absolute atomic E-state index is 14.7. The minimum absolute atomic E-state index is 0.0805. The molecule has 0 bridgehead atoms. The second-order valence-electron chi connectivity index (χ2n) is 9.00. The summed E-state index contributed by atoms with van der Waals surface area (Å²) in [6, 6.07) is 8.82. The Labute approximate surface area is 203 Å². The van der Waals surface area contributed by atoms with E-state index in [1.807, 2.05) is 6.07 Å². The maximum Gasteiger partial charge on any atom is 0.271 e. The van der Waals surface area contributed by atoms with E-state index >= 15 is 0 Å². The summed E-state index contributed by atoms with van der Waals surface area (Å²) >= 11 is 0. The molecule has 2 heterocycles. The number of aliphatic hydroxyl groups is 1. The van der Waals surface area contributed by atoms with Gasteiger partial charge in [-0.3, -0.25) is 9.69 Å². The molecule has 1 fully saturated rings. The molecule has 2 aromatic carbocycles. The van der Waals surface area contributed by atoms with Crippen molar-refractivity contribution in [3.63, 3.8) is 0 Å². The van der Waals surface area contributed by atoms with Gasteiger partial charge in [-0.1, -0.05) is 6.07 Å². The molecule has 10 heteroatoms. The Morgan fingerprint density at radius 1 is 1.23 bits per heavy atom. The second kappa shape index (κ2) is 10.0. The van der Waals surface area contributed by atoms with E-state index in [9.17, 15) is 14.3 Å². The van der Waals surface area contributed by atoms with Crippen molar-refractivity contribution in [1.82, 2.24) is 15.1 Å². The van der Waals surface area contributed by atoms with Crippen LogP contribution in [0.25, 0.3) is 10.9 Å². The van der Waals surface area contributed by atoms with Crippen molar-refractivity contribution >= 4 is 33.9 Å². The van der Waals surface area contributed by atoms with Gasteiger partial charge in [-0.25, -0.2) is 4.39 Å². The van der Waals surface area contributed by atoms with Gasteiger partial charge in [0.15, 0.2) is 5.69 Å². The number of fused-ring (bicyclic) bond motifs is 1. The minimum atomic E-state index is -0.772. The fourth-order valence-corrected chi connectivity index (χ4v) is 4.80. The van der Waals surface area contributed by atoms with Crippen LogP contribution in [0.2, 0.25) is 0 Å². The lowest BCUT2D eigenvalue weighted by atomic mass is 10.0. The first kappa shape index (κ1) is 24.6. The van der Waals surface area contributed by atoms with E-state index in [0.29, 0.717) is 36.3 Å². The Morgan fingerprint density at radius 3 is 2.54 bits per heavy atom. The van der Waals surface area contributed by atoms with Gasteiger partial charge >= 0.3 is 0 Å². The summed E-state index contributed by atoms with van der Waals surface area (Å²) in [5.74, 6) is -0.616. The van der Waals surface area contributed by atoms with Gasteiger partial charge in [-0.2, -0.15) is 0 Å². The topological polar surface area (TPSA) is 117 Å². The molecule has 0 aliphatic carbocycles. The number of benzene rings is 2. The number of aromatic nitrogens is 2. The molecule has 186 valence electrons. The lowest BCUT2D eigenvalue weighted by Gasteiger charge is -2.45. The highest BCUT2D eigenvalue weighted by molar-refractivity contribution is 6.07. The molecule has 0 spiro atoms. The number of aryl methyl sites for hydroxylation is 1. The third kappa shape index (κ3) is 4.85. The highest BCUT2D eigenvalue weighted by Crippen LogP contribution is 2.38. The number of amides is 1. The number of primary amides is 1. The summed E-state index contributed by atoms with van der Waals surface area (Å²) in [5.41, 5.74) is 8.08. The average molecular weight is 483 g/mol. The molecule has 2 atom stereocenters. The van der Waals surface area contributed by atoms with Gasteiger partial charge in [-0.05, 0) is 44.5 Å². The van der Waals surface area contributed by atoms with Crippen molar-refractivity contribution in [1.29, 1.82) is 0 Å². The SMILES string of the molecule is COc1cc2nnc(C(N)=O)c(Nc3ccc(C)cc3F)c2cc1N1CC(C)N(CCO)C(C)C1. The monoisotopic (exact) mass is 482 g/mol. The first-order chi connectivity index (χ1) is 16.7. The minimum Gasteiger partial charge on any atom is -0.495 e. The third-order valence-corrected chi connectivity index (χ3v) is 6.48. The Bertz CT molecular complexity index is 1240. The average Bonchev–Trinajstić information content (AvgIpc) is 2.82. The van der Waals surface area contributed by atoms with Crippen LogP contribution in [0, 0.1) is 12.7 Å². The van der Waals surface area contributed by atoms with Crippen molar-refractivity contribution in [3.05, 3.63) is 47.4 Å². The molecule has 4 rings (SSSR count). The van der Waals surface area contributed by atoms with Gasteiger partial charge in [0, 0.05) is 43.2 Å². The van der Waals surface area contributed by atoms with E-state index < -0.39 is 11.7 Å². The molecule has 0 saturated carbocycles. The quantitative estimate of drug-likeness (QED) is 0.471. The number of nitrogens with one attached hydrogen (secondary N) is 1. The number of hydrogen-bond acceptors (Lipinski definition) is 8. The lowest BCUT2D eigenvalue weighted by molar-refractivity contribution is 0.0995. The third-order valence-electron chi connectivity index (χ3n) is 6.48. The Kier molecular flexibility index (Phi) is 7.04. The van der Waals surface area contributed by atoms with E-state index in [2.05, 4.69) is 39.2 Å². The maximum atomic E-state index is 14.7. The molecular weight excluding hydrogens is 451 g/mol. The van der Waals surface area contributed by atoms with Crippen LogP contribution in [-0.4, -0.2) is 71.5 Å². The number of nitrogens with zero attached hydrogens (tertiary/aromatic N) is 4. The summed E-state index contributed by atoms with van der Waals surface area (Å²) in [6.07, 6.45) is 0. The van der Waals surface area contributed by atoms with E-state index in [1.54, 1.807) is 32.2 Å².